The van der Waals surface area contributed by atoms with Crippen molar-refractivity contribution in [1.82, 2.24) is 0 Å². The molecule has 0 radical (unpaired) electrons. The summed E-state index contributed by atoms with van der Waals surface area (Å²) in [4.78, 5) is 3.87. The van der Waals surface area contributed by atoms with Crippen LogP contribution in [0, 0.1) is 0 Å². The quantitative estimate of drug-likeness (QED) is 0.492. The van der Waals surface area contributed by atoms with E-state index >= 15 is 0 Å². The van der Waals surface area contributed by atoms with Crippen molar-refractivity contribution in [2.45, 2.75) is 41.0 Å². The van der Waals surface area contributed by atoms with E-state index in [1.54, 1.807) is 0 Å². The SMILES string of the molecule is [N-]=[N+]=N[C@H]1[C@@H](O)[C@@H]2OC(c3ccccc3)OC[C@H]2O[C@@H]1Sc1ccccc1. The van der Waals surface area contributed by atoms with Crippen molar-refractivity contribution >= 4 is 11.8 Å². The summed E-state index contributed by atoms with van der Waals surface area (Å²) in [5, 5.41) is 14.7. The smallest absolute Gasteiger partial charge is 0.184 e. The first-order valence-electron chi connectivity index (χ1n) is 8.68. The van der Waals surface area contributed by atoms with Crippen LogP contribution in [0.5, 0.6) is 0 Å². The Hall–Kier alpha value is -2.06. The van der Waals surface area contributed by atoms with Crippen LogP contribution in [0.4, 0.5) is 0 Å². The Bertz CT molecular complexity index is 803. The molecule has 0 spiro atoms. The highest BCUT2D eigenvalue weighted by atomic mass is 32.2. The monoisotopic (exact) mass is 385 g/mol. The van der Waals surface area contributed by atoms with Crippen molar-refractivity contribution in [3.63, 3.8) is 0 Å². The molecule has 0 aromatic heterocycles. The van der Waals surface area contributed by atoms with Crippen molar-refractivity contribution in [2.24, 2.45) is 5.11 Å². The van der Waals surface area contributed by atoms with E-state index in [1.165, 1.54) is 11.8 Å². The molecule has 0 aliphatic carbocycles. The van der Waals surface area contributed by atoms with E-state index in [0.29, 0.717) is 0 Å². The molecular formula is C19H19N3O4S. The number of azide groups is 1. The van der Waals surface area contributed by atoms with Gasteiger partial charge < -0.3 is 19.3 Å². The molecular weight excluding hydrogens is 366 g/mol. The molecule has 7 nitrogen and oxygen atoms in total. The third-order valence-corrected chi connectivity index (χ3v) is 5.75. The van der Waals surface area contributed by atoms with Gasteiger partial charge in [-0.1, -0.05) is 65.4 Å². The number of aliphatic hydroxyl groups is 1. The molecule has 6 atom stereocenters. The van der Waals surface area contributed by atoms with Crippen LogP contribution >= 0.6 is 11.8 Å². The maximum Gasteiger partial charge on any atom is 0.184 e. The average molecular weight is 385 g/mol. The second-order valence-electron chi connectivity index (χ2n) is 6.34. The Morgan fingerprint density at radius 1 is 1.04 bits per heavy atom. The van der Waals surface area contributed by atoms with E-state index in [-0.39, 0.29) is 6.61 Å². The Morgan fingerprint density at radius 3 is 2.44 bits per heavy atom. The minimum absolute atomic E-state index is 0.288. The van der Waals surface area contributed by atoms with Gasteiger partial charge in [0.05, 0.1) is 12.7 Å². The van der Waals surface area contributed by atoms with Crippen LogP contribution in [0.25, 0.3) is 10.4 Å². The Kier molecular flexibility index (Phi) is 5.63. The highest BCUT2D eigenvalue weighted by Crippen LogP contribution is 2.39. The van der Waals surface area contributed by atoms with Crippen molar-refractivity contribution in [1.29, 1.82) is 0 Å². The van der Waals surface area contributed by atoms with E-state index < -0.39 is 36.1 Å². The lowest BCUT2D eigenvalue weighted by molar-refractivity contribution is -0.305. The van der Waals surface area contributed by atoms with Gasteiger partial charge in [0.15, 0.2) is 6.29 Å². The number of fused-ring (bicyclic) bond motifs is 1. The summed E-state index contributed by atoms with van der Waals surface area (Å²) in [6, 6.07) is 18.4. The van der Waals surface area contributed by atoms with E-state index in [1.807, 2.05) is 60.7 Å². The van der Waals surface area contributed by atoms with Crippen molar-refractivity contribution in [2.75, 3.05) is 6.61 Å². The first kappa shape index (κ1) is 18.3. The number of thioether (sulfide) groups is 1. The average Bonchev–Trinajstić information content (AvgIpc) is 2.72. The molecule has 8 heteroatoms. The lowest BCUT2D eigenvalue weighted by Crippen LogP contribution is -2.60. The van der Waals surface area contributed by atoms with Gasteiger partial charge in [-0.25, -0.2) is 0 Å². The number of aliphatic hydroxyl groups excluding tert-OH is 1. The molecule has 0 saturated carbocycles. The van der Waals surface area contributed by atoms with Crippen LogP contribution < -0.4 is 0 Å². The van der Waals surface area contributed by atoms with Crippen LogP contribution in [-0.2, 0) is 14.2 Å². The first-order valence-corrected chi connectivity index (χ1v) is 9.55. The summed E-state index contributed by atoms with van der Waals surface area (Å²) in [5.74, 6) is 0. The lowest BCUT2D eigenvalue weighted by atomic mass is 9.97. The fourth-order valence-electron chi connectivity index (χ4n) is 3.27. The maximum atomic E-state index is 10.9. The molecule has 2 aliphatic rings. The van der Waals surface area contributed by atoms with Crippen molar-refractivity contribution < 1.29 is 19.3 Å². The van der Waals surface area contributed by atoms with E-state index in [9.17, 15) is 5.11 Å². The van der Waals surface area contributed by atoms with Gasteiger partial charge in [0.1, 0.15) is 23.7 Å². The first-order chi connectivity index (χ1) is 13.3. The van der Waals surface area contributed by atoms with E-state index in [4.69, 9.17) is 19.7 Å². The maximum absolute atomic E-state index is 10.9. The van der Waals surface area contributed by atoms with E-state index in [0.717, 1.165) is 10.5 Å². The molecule has 2 fully saturated rings. The van der Waals surface area contributed by atoms with E-state index in [2.05, 4.69) is 10.0 Å². The fraction of sp³-hybridized carbons (Fsp3) is 0.368. The topological polar surface area (TPSA) is 96.7 Å². The molecule has 2 aromatic rings. The zero-order chi connectivity index (χ0) is 18.6. The van der Waals surface area contributed by atoms with Gasteiger partial charge in [-0.15, -0.1) is 0 Å². The Morgan fingerprint density at radius 2 is 1.74 bits per heavy atom. The summed E-state index contributed by atoms with van der Waals surface area (Å²) < 4.78 is 17.9. The van der Waals surface area contributed by atoms with Gasteiger partial charge in [0.25, 0.3) is 0 Å². The number of hydrogen-bond donors (Lipinski definition) is 1. The van der Waals surface area contributed by atoms with Crippen LogP contribution in [0.1, 0.15) is 11.9 Å². The summed E-state index contributed by atoms with van der Waals surface area (Å²) >= 11 is 1.41. The predicted molar refractivity (Wildman–Crippen MR) is 99.9 cm³/mol. The Balaban J connectivity index is 1.53. The van der Waals surface area contributed by atoms with Gasteiger partial charge in [0, 0.05) is 15.4 Å². The number of nitrogens with zero attached hydrogens (tertiary/aromatic N) is 3. The molecule has 2 aromatic carbocycles. The number of benzene rings is 2. The molecule has 2 saturated heterocycles. The second-order valence-corrected chi connectivity index (χ2v) is 7.51. The van der Waals surface area contributed by atoms with Gasteiger partial charge >= 0.3 is 0 Å². The Labute approximate surface area is 160 Å². The summed E-state index contributed by atoms with van der Waals surface area (Å²) in [5.41, 5.74) is 9.30. The van der Waals surface area contributed by atoms with Crippen LogP contribution in [0.3, 0.4) is 0 Å². The molecule has 0 bridgehead atoms. The third kappa shape index (κ3) is 3.96. The summed E-state index contributed by atoms with van der Waals surface area (Å²) in [6.07, 6.45) is -2.65. The van der Waals surface area contributed by atoms with Gasteiger partial charge in [-0.05, 0) is 17.7 Å². The summed E-state index contributed by atoms with van der Waals surface area (Å²) in [7, 11) is 0. The molecule has 140 valence electrons. The standard InChI is InChI=1S/C19H19N3O4S/c20-22-21-15-16(23)17-14(25-19(15)27-13-9-5-2-6-10-13)11-24-18(26-17)12-7-3-1-4-8-12/h1-10,14-19,23H,11H2/t14-,15+,16-,17-,18?,19-/m1/s1. The molecule has 1 unspecified atom stereocenters. The van der Waals surface area contributed by atoms with Gasteiger partial charge in [-0.2, -0.15) is 0 Å². The highest BCUT2D eigenvalue weighted by Gasteiger charge is 2.49. The van der Waals surface area contributed by atoms with Crippen LogP contribution in [0.15, 0.2) is 70.7 Å². The largest absolute Gasteiger partial charge is 0.390 e. The molecule has 4 rings (SSSR count). The number of ether oxygens (including phenoxy) is 3. The minimum atomic E-state index is -0.990. The zero-order valence-electron chi connectivity index (χ0n) is 14.4. The summed E-state index contributed by atoms with van der Waals surface area (Å²) in [6.45, 7) is 0.288. The van der Waals surface area contributed by atoms with Crippen molar-refractivity contribution in [3.8, 4) is 0 Å². The zero-order valence-corrected chi connectivity index (χ0v) is 15.2. The fourth-order valence-corrected chi connectivity index (χ4v) is 4.41. The lowest BCUT2D eigenvalue weighted by Gasteiger charge is -2.46. The molecule has 27 heavy (non-hydrogen) atoms. The number of rotatable bonds is 4. The second kappa shape index (κ2) is 8.31. The molecule has 1 N–H and O–H groups in total. The molecule has 0 amide bonds. The highest BCUT2D eigenvalue weighted by molar-refractivity contribution is 7.99. The predicted octanol–water partition coefficient (Wildman–Crippen LogP) is 3.66. The molecule has 2 heterocycles. The van der Waals surface area contributed by atoms with Crippen LogP contribution in [0.2, 0.25) is 0 Å². The van der Waals surface area contributed by atoms with Gasteiger partial charge in [-0.3, -0.25) is 0 Å². The third-order valence-electron chi connectivity index (χ3n) is 4.59. The van der Waals surface area contributed by atoms with Crippen molar-refractivity contribution in [3.05, 3.63) is 76.7 Å². The molecule has 2 aliphatic heterocycles. The van der Waals surface area contributed by atoms with Crippen LogP contribution in [-0.4, -0.2) is 41.5 Å². The minimum Gasteiger partial charge on any atom is -0.390 e. The normalized spacial score (nSPS) is 32.9. The van der Waals surface area contributed by atoms with Gasteiger partial charge in [0.2, 0.25) is 0 Å². The number of hydrogen-bond acceptors (Lipinski definition) is 6.